The van der Waals surface area contributed by atoms with Crippen LogP contribution in [0.3, 0.4) is 0 Å². The zero-order valence-electron chi connectivity index (χ0n) is 17.6. The molecule has 7 heteroatoms. The van der Waals surface area contributed by atoms with Crippen molar-refractivity contribution in [3.05, 3.63) is 59.4 Å². The summed E-state index contributed by atoms with van der Waals surface area (Å²) < 4.78 is 17.5. The number of pyridine rings is 1. The van der Waals surface area contributed by atoms with E-state index >= 15 is 0 Å². The van der Waals surface area contributed by atoms with Crippen LogP contribution in [0.2, 0.25) is 0 Å². The van der Waals surface area contributed by atoms with Gasteiger partial charge < -0.3 is 24.2 Å². The Morgan fingerprint density at radius 1 is 1.40 bits per heavy atom. The highest BCUT2D eigenvalue weighted by Crippen LogP contribution is 2.41. The number of fused-ring (bicyclic) bond motifs is 1. The average Bonchev–Trinajstić information content (AvgIpc) is 3.16. The minimum Gasteiger partial charge on any atom is -0.490 e. The molecule has 1 N–H and O–H groups in total. The number of likely N-dealkylation sites (tertiary alicyclic amines) is 1. The van der Waals surface area contributed by atoms with Gasteiger partial charge in [0.15, 0.2) is 0 Å². The highest BCUT2D eigenvalue weighted by Gasteiger charge is 2.52. The van der Waals surface area contributed by atoms with Crippen LogP contribution in [0.5, 0.6) is 5.75 Å². The van der Waals surface area contributed by atoms with Crippen molar-refractivity contribution in [2.75, 3.05) is 26.5 Å². The minimum atomic E-state index is -0.918. The number of hydrogen-bond acceptors (Lipinski definition) is 6. The fourth-order valence-corrected chi connectivity index (χ4v) is 4.02. The lowest BCUT2D eigenvalue weighted by atomic mass is 9.85. The van der Waals surface area contributed by atoms with Crippen LogP contribution in [-0.4, -0.2) is 59.1 Å². The summed E-state index contributed by atoms with van der Waals surface area (Å²) in [5.41, 5.74) is 0.794. The van der Waals surface area contributed by atoms with E-state index in [2.05, 4.69) is 4.98 Å². The number of carbonyl (C=O) groups is 1. The van der Waals surface area contributed by atoms with Crippen LogP contribution < -0.4 is 4.74 Å². The predicted molar refractivity (Wildman–Crippen MR) is 112 cm³/mol. The van der Waals surface area contributed by atoms with Crippen molar-refractivity contribution in [1.82, 2.24) is 9.88 Å². The second-order valence-corrected chi connectivity index (χ2v) is 8.60. The van der Waals surface area contributed by atoms with Gasteiger partial charge in [0.2, 0.25) is 0 Å². The lowest BCUT2D eigenvalue weighted by Gasteiger charge is -2.41. The van der Waals surface area contributed by atoms with Gasteiger partial charge in [0.1, 0.15) is 30.9 Å². The highest BCUT2D eigenvalue weighted by molar-refractivity contribution is 5.94. The smallest absolute Gasteiger partial charge is 0.253 e. The lowest BCUT2D eigenvalue weighted by molar-refractivity contribution is -0.0470. The van der Waals surface area contributed by atoms with Gasteiger partial charge in [-0.15, -0.1) is 0 Å². The molecule has 2 aliphatic rings. The zero-order chi connectivity index (χ0) is 21.4. The van der Waals surface area contributed by atoms with Gasteiger partial charge in [-0.05, 0) is 56.7 Å². The van der Waals surface area contributed by atoms with Crippen molar-refractivity contribution in [3.8, 4) is 5.75 Å². The van der Waals surface area contributed by atoms with Crippen LogP contribution in [0.1, 0.15) is 43.3 Å². The van der Waals surface area contributed by atoms with E-state index in [1.165, 1.54) is 0 Å². The second-order valence-electron chi connectivity index (χ2n) is 8.60. The number of nitrogens with zero attached hydrogens (tertiary/aromatic N) is 2. The maximum Gasteiger partial charge on any atom is 0.253 e. The van der Waals surface area contributed by atoms with Crippen LogP contribution in [0.4, 0.5) is 0 Å². The van der Waals surface area contributed by atoms with Crippen LogP contribution >= 0.6 is 0 Å². The standard InChI is InChI=1S/C23H28N2O5.H2/c1-16-12-17(7-8-18(16)28-14-22(2,3)27)21(26)25-11-9-23(19-6-4-5-10-24-19)20(13-25)29-15-30-23;/h4-8,10,12,20,27H,9,11,13-15H2,1-3H3;1H/t20?,23-;/m1./s1. The number of ether oxygens (including phenoxy) is 3. The summed E-state index contributed by atoms with van der Waals surface area (Å²) in [7, 11) is 0. The maximum absolute atomic E-state index is 13.1. The molecule has 1 unspecified atom stereocenters. The van der Waals surface area contributed by atoms with E-state index in [1.54, 1.807) is 32.2 Å². The first-order valence-corrected chi connectivity index (χ1v) is 10.2. The topological polar surface area (TPSA) is 81.1 Å². The van der Waals surface area contributed by atoms with Gasteiger partial charge in [-0.25, -0.2) is 0 Å². The molecule has 30 heavy (non-hydrogen) atoms. The molecule has 3 heterocycles. The number of carbonyl (C=O) groups excluding carboxylic acids is 1. The summed E-state index contributed by atoms with van der Waals surface area (Å²) in [5.74, 6) is 0.617. The maximum atomic E-state index is 13.1. The molecule has 0 aliphatic carbocycles. The average molecular weight is 415 g/mol. The van der Waals surface area contributed by atoms with Gasteiger partial charge in [0.05, 0.1) is 17.8 Å². The van der Waals surface area contributed by atoms with Crippen molar-refractivity contribution in [1.29, 1.82) is 0 Å². The quantitative estimate of drug-likeness (QED) is 0.810. The normalized spacial score (nSPS) is 23.9. The summed E-state index contributed by atoms with van der Waals surface area (Å²) in [6.07, 6.45) is 2.14. The molecule has 0 bridgehead atoms. The van der Waals surface area contributed by atoms with Gasteiger partial charge in [0, 0.05) is 26.2 Å². The molecule has 1 aromatic heterocycles. The SMILES string of the molecule is Cc1cc(C(=O)N2CC[C@]3(c4ccccn4)OCOC3C2)ccc1OCC(C)(C)O.[HH]. The van der Waals surface area contributed by atoms with Crippen molar-refractivity contribution in [2.45, 2.75) is 44.5 Å². The van der Waals surface area contributed by atoms with Gasteiger partial charge in [-0.3, -0.25) is 9.78 Å². The van der Waals surface area contributed by atoms with Crippen molar-refractivity contribution < 1.29 is 25.5 Å². The number of piperidine rings is 1. The molecule has 7 nitrogen and oxygen atoms in total. The third-order valence-corrected chi connectivity index (χ3v) is 5.63. The van der Waals surface area contributed by atoms with E-state index in [0.29, 0.717) is 30.8 Å². The van der Waals surface area contributed by atoms with E-state index in [4.69, 9.17) is 14.2 Å². The lowest BCUT2D eigenvalue weighted by Crippen LogP contribution is -2.53. The monoisotopic (exact) mass is 414 g/mol. The van der Waals surface area contributed by atoms with Crippen molar-refractivity contribution in [3.63, 3.8) is 0 Å². The molecule has 0 saturated carbocycles. The Hall–Kier alpha value is -2.48. The van der Waals surface area contributed by atoms with Gasteiger partial charge >= 0.3 is 0 Å². The third kappa shape index (κ3) is 4.05. The summed E-state index contributed by atoms with van der Waals surface area (Å²) in [6.45, 7) is 6.67. The van der Waals surface area contributed by atoms with Crippen LogP contribution in [0.25, 0.3) is 0 Å². The Morgan fingerprint density at radius 2 is 2.23 bits per heavy atom. The summed E-state index contributed by atoms with van der Waals surface area (Å²) >= 11 is 0. The Kier molecular flexibility index (Phi) is 5.53. The fraction of sp³-hybridized carbons (Fsp3) is 0.478. The molecule has 162 valence electrons. The Bertz CT molecular complexity index is 918. The molecule has 2 aliphatic heterocycles. The number of hydrogen-bond donors (Lipinski definition) is 1. The first-order valence-electron chi connectivity index (χ1n) is 10.2. The first-order chi connectivity index (χ1) is 14.3. The highest BCUT2D eigenvalue weighted by atomic mass is 16.7. The molecule has 2 saturated heterocycles. The van der Waals surface area contributed by atoms with E-state index in [0.717, 1.165) is 11.3 Å². The van der Waals surface area contributed by atoms with Crippen molar-refractivity contribution in [2.24, 2.45) is 0 Å². The molecule has 0 spiro atoms. The molecule has 1 aromatic carbocycles. The molecule has 0 radical (unpaired) electrons. The third-order valence-electron chi connectivity index (χ3n) is 5.63. The number of rotatable bonds is 5. The fourth-order valence-electron chi connectivity index (χ4n) is 4.02. The van der Waals surface area contributed by atoms with E-state index < -0.39 is 11.2 Å². The van der Waals surface area contributed by atoms with Crippen molar-refractivity contribution >= 4 is 5.91 Å². The van der Waals surface area contributed by atoms with Gasteiger partial charge in [-0.2, -0.15) is 0 Å². The van der Waals surface area contributed by atoms with E-state index in [9.17, 15) is 9.90 Å². The van der Waals surface area contributed by atoms with Gasteiger partial charge in [-0.1, -0.05) is 6.07 Å². The molecule has 2 atom stereocenters. The number of amides is 1. The molecule has 1 amide bonds. The summed E-state index contributed by atoms with van der Waals surface area (Å²) in [4.78, 5) is 19.4. The van der Waals surface area contributed by atoms with Crippen LogP contribution in [-0.2, 0) is 15.1 Å². The predicted octanol–water partition coefficient (Wildman–Crippen LogP) is 2.90. The Labute approximate surface area is 178 Å². The summed E-state index contributed by atoms with van der Waals surface area (Å²) in [5, 5.41) is 9.85. The summed E-state index contributed by atoms with van der Waals surface area (Å²) in [6, 6.07) is 11.1. The molecular weight excluding hydrogens is 384 g/mol. The Morgan fingerprint density at radius 3 is 2.93 bits per heavy atom. The largest absolute Gasteiger partial charge is 0.490 e. The zero-order valence-corrected chi connectivity index (χ0v) is 17.6. The van der Waals surface area contributed by atoms with Crippen LogP contribution in [0, 0.1) is 6.92 Å². The first kappa shape index (κ1) is 20.8. The minimum absolute atomic E-state index is 0. The molecule has 2 aromatic rings. The van der Waals surface area contributed by atoms with E-state index in [1.807, 2.05) is 36.1 Å². The molecule has 2 fully saturated rings. The van der Waals surface area contributed by atoms with Crippen LogP contribution in [0.15, 0.2) is 42.6 Å². The number of aryl methyl sites for hydroxylation is 1. The van der Waals surface area contributed by atoms with E-state index in [-0.39, 0.29) is 26.8 Å². The molecule has 4 rings (SSSR count). The Balaban J connectivity index is 0.00000272. The number of aromatic nitrogens is 1. The number of benzene rings is 1. The van der Waals surface area contributed by atoms with Gasteiger partial charge in [0.25, 0.3) is 5.91 Å². The number of aliphatic hydroxyl groups is 1. The molecular formula is C23H30N2O5. The second kappa shape index (κ2) is 7.98.